The molecule has 0 spiro atoms. The maximum Gasteiger partial charge on any atom is 0.161 e. The van der Waals surface area contributed by atoms with Crippen LogP contribution < -0.4 is 9.47 Å². The highest BCUT2D eigenvalue weighted by atomic mass is 16.5. The number of aliphatic hydroxyl groups is 1. The lowest BCUT2D eigenvalue weighted by molar-refractivity contribution is 0.0705. The lowest BCUT2D eigenvalue weighted by atomic mass is 10.1. The summed E-state index contributed by atoms with van der Waals surface area (Å²) in [5.41, 5.74) is 2.69. The molecule has 0 saturated heterocycles. The topological polar surface area (TPSA) is 45.2 Å². The third-order valence-corrected chi connectivity index (χ3v) is 4.95. The van der Waals surface area contributed by atoms with Crippen molar-refractivity contribution in [3.63, 3.8) is 0 Å². The summed E-state index contributed by atoms with van der Waals surface area (Å²) in [6.07, 6.45) is 2.93. The first-order chi connectivity index (χ1) is 12.5. The van der Waals surface area contributed by atoms with E-state index in [1.807, 2.05) is 12.1 Å². The minimum absolute atomic E-state index is 0.266. The van der Waals surface area contributed by atoms with Gasteiger partial charge < -0.3 is 19.5 Å². The summed E-state index contributed by atoms with van der Waals surface area (Å²) in [6, 6.07) is 6.07. The maximum atomic E-state index is 10.2. The Bertz CT molecular complexity index is 585. The average Bonchev–Trinajstić information content (AvgIpc) is 2.66. The molecule has 26 heavy (non-hydrogen) atoms. The van der Waals surface area contributed by atoms with E-state index in [0.717, 1.165) is 44.9 Å². The fourth-order valence-corrected chi connectivity index (χ4v) is 3.16. The van der Waals surface area contributed by atoms with Crippen molar-refractivity contribution in [3.05, 3.63) is 35.4 Å². The maximum absolute atomic E-state index is 10.2. The number of benzene rings is 1. The highest BCUT2D eigenvalue weighted by Crippen LogP contribution is 2.29. The van der Waals surface area contributed by atoms with Gasteiger partial charge in [0.15, 0.2) is 11.5 Å². The van der Waals surface area contributed by atoms with Gasteiger partial charge in [-0.05, 0) is 44.1 Å². The van der Waals surface area contributed by atoms with E-state index in [1.165, 1.54) is 11.1 Å². The van der Waals surface area contributed by atoms with Gasteiger partial charge in [0.05, 0.1) is 7.11 Å². The summed E-state index contributed by atoms with van der Waals surface area (Å²) in [7, 11) is 1.66. The van der Waals surface area contributed by atoms with Gasteiger partial charge in [0.25, 0.3) is 0 Å². The van der Waals surface area contributed by atoms with Gasteiger partial charge in [0, 0.05) is 26.2 Å². The molecule has 5 heteroatoms. The second kappa shape index (κ2) is 10.6. The Hall–Kier alpha value is -1.56. The second-order valence-electron chi connectivity index (χ2n) is 6.97. The molecule has 5 nitrogen and oxygen atoms in total. The molecule has 0 radical (unpaired) electrons. The Morgan fingerprint density at radius 2 is 2.00 bits per heavy atom. The quantitative estimate of drug-likeness (QED) is 0.649. The van der Waals surface area contributed by atoms with Crippen LogP contribution in [-0.4, -0.2) is 67.5 Å². The summed E-state index contributed by atoms with van der Waals surface area (Å²) in [6.45, 7) is 12.1. The SMILES string of the molecule is CCN(CC)C[C@@H](O)COc1ccc(CN2CC=C(C)CC2)cc1OC. The van der Waals surface area contributed by atoms with Crippen molar-refractivity contribution in [2.75, 3.05) is 46.4 Å². The molecule has 1 aromatic rings. The molecule has 1 heterocycles. The van der Waals surface area contributed by atoms with E-state index >= 15 is 0 Å². The molecule has 1 aliphatic rings. The van der Waals surface area contributed by atoms with Crippen LogP contribution in [0.5, 0.6) is 11.5 Å². The molecule has 1 aromatic carbocycles. The van der Waals surface area contributed by atoms with Crippen LogP contribution >= 0.6 is 0 Å². The minimum Gasteiger partial charge on any atom is -0.493 e. The predicted molar refractivity (Wildman–Crippen MR) is 106 cm³/mol. The van der Waals surface area contributed by atoms with Gasteiger partial charge in [-0.3, -0.25) is 4.90 Å². The van der Waals surface area contributed by atoms with Gasteiger partial charge in [-0.1, -0.05) is 31.6 Å². The van der Waals surface area contributed by atoms with Gasteiger partial charge in [0.2, 0.25) is 0 Å². The zero-order valence-electron chi connectivity index (χ0n) is 16.7. The minimum atomic E-state index is -0.511. The van der Waals surface area contributed by atoms with Crippen LogP contribution in [0, 0.1) is 0 Å². The van der Waals surface area contributed by atoms with Gasteiger partial charge in [-0.15, -0.1) is 0 Å². The van der Waals surface area contributed by atoms with Gasteiger partial charge in [-0.25, -0.2) is 0 Å². The number of hydrogen-bond donors (Lipinski definition) is 1. The number of likely N-dealkylation sites (N-methyl/N-ethyl adjacent to an activating group) is 1. The Kier molecular flexibility index (Phi) is 8.42. The normalized spacial score (nSPS) is 16.5. The number of methoxy groups -OCH3 is 1. The molecule has 0 bridgehead atoms. The molecule has 0 aromatic heterocycles. The summed E-state index contributed by atoms with van der Waals surface area (Å²) in [4.78, 5) is 4.61. The molecule has 1 atom stereocenters. The number of aliphatic hydroxyl groups excluding tert-OH is 1. The molecule has 0 unspecified atom stereocenters. The summed E-state index contributed by atoms with van der Waals surface area (Å²) in [5, 5.41) is 10.2. The molecule has 1 N–H and O–H groups in total. The van der Waals surface area contributed by atoms with Gasteiger partial charge in [-0.2, -0.15) is 0 Å². The van der Waals surface area contributed by atoms with Crippen molar-refractivity contribution >= 4 is 0 Å². The molecular weight excluding hydrogens is 328 g/mol. The van der Waals surface area contributed by atoms with Crippen molar-refractivity contribution in [2.45, 2.75) is 39.8 Å². The summed E-state index contributed by atoms with van der Waals surface area (Å²) in [5.74, 6) is 1.41. The van der Waals surface area contributed by atoms with E-state index in [-0.39, 0.29) is 6.61 Å². The van der Waals surface area contributed by atoms with Crippen LogP contribution in [0.1, 0.15) is 32.8 Å². The molecule has 2 rings (SSSR count). The molecule has 0 amide bonds. The number of hydrogen-bond acceptors (Lipinski definition) is 5. The summed E-state index contributed by atoms with van der Waals surface area (Å²) < 4.78 is 11.3. The zero-order valence-corrected chi connectivity index (χ0v) is 16.7. The van der Waals surface area contributed by atoms with E-state index in [9.17, 15) is 5.11 Å². The zero-order chi connectivity index (χ0) is 18.9. The first kappa shape index (κ1) is 20.7. The van der Waals surface area contributed by atoms with Gasteiger partial charge >= 0.3 is 0 Å². The van der Waals surface area contributed by atoms with E-state index in [4.69, 9.17) is 9.47 Å². The van der Waals surface area contributed by atoms with Crippen LogP contribution in [0.2, 0.25) is 0 Å². The predicted octanol–water partition coefficient (Wildman–Crippen LogP) is 2.93. The van der Waals surface area contributed by atoms with Crippen LogP contribution in [0.15, 0.2) is 29.8 Å². The lowest BCUT2D eigenvalue weighted by Gasteiger charge is -2.25. The van der Waals surface area contributed by atoms with Crippen LogP contribution in [0.3, 0.4) is 0 Å². The second-order valence-corrected chi connectivity index (χ2v) is 6.97. The Balaban J connectivity index is 1.91. The van der Waals surface area contributed by atoms with E-state index in [0.29, 0.717) is 12.3 Å². The standard InChI is InChI=1S/C21H34N2O3/c1-5-22(6-2)15-19(24)16-26-20-8-7-18(13-21(20)25-4)14-23-11-9-17(3)10-12-23/h7-9,13,19,24H,5-6,10-12,14-16H2,1-4H3/t19-/m1/s1. The molecule has 0 fully saturated rings. The van der Waals surface area contributed by atoms with Crippen molar-refractivity contribution in [1.82, 2.24) is 9.80 Å². The fraction of sp³-hybridized carbons (Fsp3) is 0.619. The fourth-order valence-electron chi connectivity index (χ4n) is 3.16. The largest absolute Gasteiger partial charge is 0.493 e. The third kappa shape index (κ3) is 6.31. The molecule has 0 aliphatic carbocycles. The number of ether oxygens (including phenoxy) is 2. The number of rotatable bonds is 10. The first-order valence-corrected chi connectivity index (χ1v) is 9.63. The summed E-state index contributed by atoms with van der Waals surface area (Å²) >= 11 is 0. The monoisotopic (exact) mass is 362 g/mol. The Morgan fingerprint density at radius 3 is 2.62 bits per heavy atom. The molecule has 0 saturated carbocycles. The molecule has 1 aliphatic heterocycles. The number of nitrogens with zero attached hydrogens (tertiary/aromatic N) is 2. The van der Waals surface area contributed by atoms with E-state index < -0.39 is 6.10 Å². The first-order valence-electron chi connectivity index (χ1n) is 9.63. The lowest BCUT2D eigenvalue weighted by Crippen LogP contribution is -2.35. The van der Waals surface area contributed by atoms with Crippen LogP contribution in [0.25, 0.3) is 0 Å². The third-order valence-electron chi connectivity index (χ3n) is 4.95. The Labute approximate surface area is 158 Å². The van der Waals surface area contributed by atoms with Crippen LogP contribution in [-0.2, 0) is 6.54 Å². The van der Waals surface area contributed by atoms with E-state index in [2.05, 4.69) is 42.7 Å². The van der Waals surface area contributed by atoms with Crippen LogP contribution in [0.4, 0.5) is 0 Å². The van der Waals surface area contributed by atoms with E-state index in [1.54, 1.807) is 7.11 Å². The van der Waals surface area contributed by atoms with Crippen molar-refractivity contribution < 1.29 is 14.6 Å². The average molecular weight is 363 g/mol. The van der Waals surface area contributed by atoms with Gasteiger partial charge in [0.1, 0.15) is 12.7 Å². The highest BCUT2D eigenvalue weighted by Gasteiger charge is 2.14. The molecule has 146 valence electrons. The van der Waals surface area contributed by atoms with Crippen molar-refractivity contribution in [1.29, 1.82) is 0 Å². The smallest absolute Gasteiger partial charge is 0.161 e. The Morgan fingerprint density at radius 1 is 1.23 bits per heavy atom. The van der Waals surface area contributed by atoms with Crippen molar-refractivity contribution in [2.24, 2.45) is 0 Å². The molecular formula is C21H34N2O3. The van der Waals surface area contributed by atoms with Crippen molar-refractivity contribution in [3.8, 4) is 11.5 Å². The highest BCUT2D eigenvalue weighted by molar-refractivity contribution is 5.43.